The normalized spacial score (nSPS) is 24.3. The number of nitrogens with two attached hydrogens (primary N) is 1. The van der Waals surface area contributed by atoms with Crippen molar-refractivity contribution in [1.29, 1.82) is 0 Å². The van der Waals surface area contributed by atoms with Gasteiger partial charge in [-0.3, -0.25) is 4.90 Å². The minimum atomic E-state index is 0.570. The fraction of sp³-hybridized carbons (Fsp3) is 0.625. The van der Waals surface area contributed by atoms with E-state index in [1.165, 1.54) is 19.3 Å². The molecule has 1 aromatic rings. The van der Waals surface area contributed by atoms with Crippen molar-refractivity contribution >= 4 is 0 Å². The molecule has 1 heterocycles. The number of hydrogen-bond donors (Lipinski definition) is 1. The molecule has 1 aromatic carbocycles. The Hall–Kier alpha value is -1.06. The Labute approximate surface area is 116 Å². The summed E-state index contributed by atoms with van der Waals surface area (Å²) in [4.78, 5) is 2.57. The van der Waals surface area contributed by atoms with Crippen LogP contribution >= 0.6 is 0 Å². The summed E-state index contributed by atoms with van der Waals surface area (Å²) in [6.45, 7) is 4.98. The first kappa shape index (κ1) is 14.4. The molecule has 0 aromatic heterocycles. The summed E-state index contributed by atoms with van der Waals surface area (Å²) in [5, 5.41) is 0. The summed E-state index contributed by atoms with van der Waals surface area (Å²) in [6, 6.07) is 11.3. The molecule has 3 heteroatoms. The van der Waals surface area contributed by atoms with Crippen LogP contribution in [0.2, 0.25) is 0 Å². The molecule has 0 saturated carbocycles. The number of hydrogen-bond acceptors (Lipinski definition) is 3. The molecular formula is C16H26N2O. The van der Waals surface area contributed by atoms with Crippen LogP contribution in [0.4, 0.5) is 0 Å². The van der Waals surface area contributed by atoms with Gasteiger partial charge in [0.25, 0.3) is 0 Å². The molecule has 0 spiro atoms. The molecule has 2 atom stereocenters. The summed E-state index contributed by atoms with van der Waals surface area (Å²) in [7, 11) is 0. The maximum atomic E-state index is 5.88. The zero-order valence-electron chi connectivity index (χ0n) is 11.9. The predicted octanol–water partition coefficient (Wildman–Crippen LogP) is 2.66. The van der Waals surface area contributed by atoms with E-state index in [1.807, 2.05) is 30.3 Å². The lowest BCUT2D eigenvalue weighted by Gasteiger charge is -2.40. The number of nitrogens with zero attached hydrogens (tertiary/aromatic N) is 1. The first-order valence-corrected chi connectivity index (χ1v) is 7.45. The number of likely N-dealkylation sites (tertiary alicyclic amines) is 1. The number of rotatable bonds is 6. The van der Waals surface area contributed by atoms with Gasteiger partial charge in [0.05, 0.1) is 6.61 Å². The van der Waals surface area contributed by atoms with Gasteiger partial charge in [0.1, 0.15) is 5.75 Å². The Bertz CT molecular complexity index is 355. The van der Waals surface area contributed by atoms with E-state index in [2.05, 4.69) is 11.8 Å². The summed E-state index contributed by atoms with van der Waals surface area (Å²) in [6.07, 6.45) is 4.94. The van der Waals surface area contributed by atoms with Gasteiger partial charge in [0.2, 0.25) is 0 Å². The van der Waals surface area contributed by atoms with Gasteiger partial charge in [-0.1, -0.05) is 24.6 Å². The lowest BCUT2D eigenvalue weighted by atomic mass is 9.96. The maximum absolute atomic E-state index is 5.88. The third-order valence-corrected chi connectivity index (χ3v) is 4.04. The summed E-state index contributed by atoms with van der Waals surface area (Å²) < 4.78 is 5.74. The molecule has 0 bridgehead atoms. The van der Waals surface area contributed by atoms with Gasteiger partial charge >= 0.3 is 0 Å². The van der Waals surface area contributed by atoms with E-state index >= 15 is 0 Å². The van der Waals surface area contributed by atoms with E-state index in [9.17, 15) is 0 Å². The second-order valence-corrected chi connectivity index (χ2v) is 5.42. The highest BCUT2D eigenvalue weighted by molar-refractivity contribution is 5.20. The zero-order chi connectivity index (χ0) is 13.5. The Morgan fingerprint density at radius 2 is 2.05 bits per heavy atom. The molecule has 0 amide bonds. The van der Waals surface area contributed by atoms with Crippen LogP contribution in [0.5, 0.6) is 5.75 Å². The molecule has 2 unspecified atom stereocenters. The largest absolute Gasteiger partial charge is 0.494 e. The molecule has 0 aliphatic carbocycles. The number of piperidine rings is 1. The van der Waals surface area contributed by atoms with Crippen LogP contribution in [0.3, 0.4) is 0 Å². The van der Waals surface area contributed by atoms with Gasteiger partial charge in [0, 0.05) is 25.2 Å². The fourth-order valence-corrected chi connectivity index (χ4v) is 2.95. The topological polar surface area (TPSA) is 38.5 Å². The Kier molecular flexibility index (Phi) is 5.67. The summed E-state index contributed by atoms with van der Waals surface area (Å²) in [5.41, 5.74) is 5.88. The minimum Gasteiger partial charge on any atom is -0.494 e. The zero-order valence-corrected chi connectivity index (χ0v) is 11.9. The molecule has 1 fully saturated rings. The summed E-state index contributed by atoms with van der Waals surface area (Å²) >= 11 is 0. The highest BCUT2D eigenvalue weighted by Crippen LogP contribution is 2.22. The lowest BCUT2D eigenvalue weighted by molar-refractivity contribution is 0.0904. The standard InChI is InChI=1S/C16H26N2O/c1-14-7-5-8-15(13-17)18(14)11-6-12-19-16-9-3-2-4-10-16/h2-4,9-10,14-15H,5-8,11-13,17H2,1H3. The van der Waals surface area contributed by atoms with Crippen LogP contribution < -0.4 is 10.5 Å². The van der Waals surface area contributed by atoms with Gasteiger partial charge in [0.15, 0.2) is 0 Å². The van der Waals surface area contributed by atoms with E-state index in [0.717, 1.165) is 31.9 Å². The van der Waals surface area contributed by atoms with Crippen molar-refractivity contribution in [3.05, 3.63) is 30.3 Å². The lowest BCUT2D eigenvalue weighted by Crippen LogP contribution is -2.49. The first-order valence-electron chi connectivity index (χ1n) is 7.45. The molecule has 1 aliphatic rings. The van der Waals surface area contributed by atoms with Crippen LogP contribution in [0.25, 0.3) is 0 Å². The molecule has 106 valence electrons. The van der Waals surface area contributed by atoms with Crippen LogP contribution in [-0.4, -0.2) is 36.7 Å². The van der Waals surface area contributed by atoms with E-state index in [1.54, 1.807) is 0 Å². The minimum absolute atomic E-state index is 0.570. The third-order valence-electron chi connectivity index (χ3n) is 4.04. The van der Waals surface area contributed by atoms with E-state index in [4.69, 9.17) is 10.5 Å². The molecule has 19 heavy (non-hydrogen) atoms. The molecule has 2 N–H and O–H groups in total. The third kappa shape index (κ3) is 4.22. The molecule has 2 rings (SSSR count). The Morgan fingerprint density at radius 3 is 2.79 bits per heavy atom. The van der Waals surface area contributed by atoms with Gasteiger partial charge < -0.3 is 10.5 Å². The number of para-hydroxylation sites is 1. The fourth-order valence-electron chi connectivity index (χ4n) is 2.95. The molecule has 1 saturated heterocycles. The van der Waals surface area contributed by atoms with Crippen LogP contribution in [0, 0.1) is 0 Å². The molecule has 1 aliphatic heterocycles. The monoisotopic (exact) mass is 262 g/mol. The predicted molar refractivity (Wildman–Crippen MR) is 79.4 cm³/mol. The van der Waals surface area contributed by atoms with Crippen molar-refractivity contribution in [3.63, 3.8) is 0 Å². The van der Waals surface area contributed by atoms with Crippen molar-refractivity contribution in [2.75, 3.05) is 19.7 Å². The smallest absolute Gasteiger partial charge is 0.119 e. The number of ether oxygens (including phenoxy) is 1. The summed E-state index contributed by atoms with van der Waals surface area (Å²) in [5.74, 6) is 0.963. The molecule has 3 nitrogen and oxygen atoms in total. The molecular weight excluding hydrogens is 236 g/mol. The van der Waals surface area contributed by atoms with Crippen molar-refractivity contribution in [2.45, 2.75) is 44.7 Å². The number of benzene rings is 1. The van der Waals surface area contributed by atoms with E-state index in [-0.39, 0.29) is 0 Å². The van der Waals surface area contributed by atoms with Crippen molar-refractivity contribution in [1.82, 2.24) is 4.90 Å². The second kappa shape index (κ2) is 7.51. The quantitative estimate of drug-likeness (QED) is 0.801. The van der Waals surface area contributed by atoms with Crippen LogP contribution in [0.15, 0.2) is 30.3 Å². The van der Waals surface area contributed by atoms with E-state index in [0.29, 0.717) is 12.1 Å². The highest BCUT2D eigenvalue weighted by atomic mass is 16.5. The van der Waals surface area contributed by atoms with Crippen molar-refractivity contribution in [2.24, 2.45) is 5.73 Å². The maximum Gasteiger partial charge on any atom is 0.119 e. The van der Waals surface area contributed by atoms with Gasteiger partial charge in [-0.2, -0.15) is 0 Å². The van der Waals surface area contributed by atoms with Gasteiger partial charge in [-0.15, -0.1) is 0 Å². The van der Waals surface area contributed by atoms with Gasteiger partial charge in [-0.05, 0) is 38.3 Å². The van der Waals surface area contributed by atoms with Gasteiger partial charge in [-0.25, -0.2) is 0 Å². The van der Waals surface area contributed by atoms with Crippen LogP contribution in [0.1, 0.15) is 32.6 Å². The Morgan fingerprint density at radius 1 is 1.26 bits per heavy atom. The average Bonchev–Trinajstić information content (AvgIpc) is 2.46. The van der Waals surface area contributed by atoms with Crippen molar-refractivity contribution in [3.8, 4) is 5.75 Å². The first-order chi connectivity index (χ1) is 9.31. The van der Waals surface area contributed by atoms with E-state index < -0.39 is 0 Å². The Balaban J connectivity index is 1.72. The SMILES string of the molecule is CC1CCCC(CN)N1CCCOc1ccccc1. The highest BCUT2D eigenvalue weighted by Gasteiger charge is 2.25. The van der Waals surface area contributed by atoms with Crippen molar-refractivity contribution < 1.29 is 4.74 Å². The average molecular weight is 262 g/mol. The second-order valence-electron chi connectivity index (χ2n) is 5.42. The molecule has 0 radical (unpaired) electrons. The van der Waals surface area contributed by atoms with Crippen LogP contribution in [-0.2, 0) is 0 Å².